The molecule has 0 N–H and O–H groups in total. The lowest BCUT2D eigenvalue weighted by Crippen LogP contribution is -2.44. The van der Waals surface area contributed by atoms with Crippen LogP contribution < -0.4 is 4.90 Å². The van der Waals surface area contributed by atoms with Crippen molar-refractivity contribution in [3.8, 4) is 0 Å². The summed E-state index contributed by atoms with van der Waals surface area (Å²) in [7, 11) is 0. The molecule has 154 valence electrons. The van der Waals surface area contributed by atoms with Crippen molar-refractivity contribution >= 4 is 98.7 Å². The Morgan fingerprint density at radius 3 is 1.69 bits per heavy atom. The first kappa shape index (κ1) is 21.0. The molecule has 1 heterocycles. The van der Waals surface area contributed by atoms with Gasteiger partial charge in [-0.25, -0.2) is 4.90 Å². The molecular weight excluding hydrogens is 522 g/mol. The van der Waals surface area contributed by atoms with E-state index >= 15 is 0 Å². The molecule has 10 heteroatoms. The normalized spacial score (nSPS) is 42.5. The molecule has 2 bridgehead atoms. The lowest BCUT2D eigenvalue weighted by molar-refractivity contribution is -0.122. The van der Waals surface area contributed by atoms with Crippen molar-refractivity contribution in [2.24, 2.45) is 23.7 Å². The third-order valence-corrected chi connectivity index (χ3v) is 11.6. The molecule has 1 aliphatic heterocycles. The van der Waals surface area contributed by atoms with Crippen molar-refractivity contribution in [3.05, 3.63) is 39.4 Å². The van der Waals surface area contributed by atoms with Gasteiger partial charge in [0.1, 0.15) is 9.75 Å². The van der Waals surface area contributed by atoms with Gasteiger partial charge in [0.05, 0.1) is 32.6 Å². The molecule has 1 saturated heterocycles. The summed E-state index contributed by atoms with van der Waals surface area (Å²) in [6.07, 6.45) is 0.556. The first-order valence-electron chi connectivity index (χ1n) is 8.93. The highest BCUT2D eigenvalue weighted by Crippen LogP contribution is 2.79. The summed E-state index contributed by atoms with van der Waals surface area (Å²) in [5.41, 5.74) is 0.367. The van der Waals surface area contributed by atoms with E-state index in [1.807, 2.05) is 0 Å². The van der Waals surface area contributed by atoms with Gasteiger partial charge in [0.2, 0.25) is 11.8 Å². The highest BCUT2D eigenvalue weighted by Gasteiger charge is 2.83. The van der Waals surface area contributed by atoms with Crippen molar-refractivity contribution in [1.82, 2.24) is 0 Å². The Bertz CT molecular complexity index is 956. The summed E-state index contributed by atoms with van der Waals surface area (Å²) >= 11 is 46.2. The van der Waals surface area contributed by atoms with Crippen molar-refractivity contribution in [2.75, 3.05) is 4.90 Å². The van der Waals surface area contributed by atoms with E-state index in [2.05, 4.69) is 0 Å². The Kier molecular flexibility index (Phi) is 4.59. The predicted molar refractivity (Wildman–Crippen MR) is 117 cm³/mol. The summed E-state index contributed by atoms with van der Waals surface area (Å²) in [5, 5.41) is 0.546. The molecule has 5 rings (SSSR count). The molecule has 0 aromatic heterocycles. The number of hydrogen-bond acceptors (Lipinski definition) is 2. The van der Waals surface area contributed by atoms with Gasteiger partial charge in [-0.2, -0.15) is 0 Å². The van der Waals surface area contributed by atoms with E-state index < -0.39 is 37.8 Å². The number of amides is 2. The quantitative estimate of drug-likeness (QED) is 0.313. The van der Waals surface area contributed by atoms with Crippen molar-refractivity contribution < 1.29 is 9.59 Å². The van der Waals surface area contributed by atoms with E-state index in [1.165, 1.54) is 0 Å². The summed E-state index contributed by atoms with van der Waals surface area (Å²) < 4.78 is -1.67. The molecule has 0 spiro atoms. The standard InChI is InChI=1S/C19H12Cl7NO2/c20-11-3-1-2-4-12(11)27-15(28)7-5-9-10(6-8(7)16(27)29)18(24)14(22)13(21)17(9,23)19(18,25)26/h1-4,7-10H,5-6H2/t7-,8+,9+,10-,17-,18-/m0/s1. The molecule has 2 saturated carbocycles. The minimum atomic E-state index is -1.67. The minimum absolute atomic E-state index is 0.111. The first-order chi connectivity index (χ1) is 13.5. The van der Waals surface area contributed by atoms with Crippen LogP contribution in [0.3, 0.4) is 0 Å². The van der Waals surface area contributed by atoms with Gasteiger partial charge in [-0.3, -0.25) is 9.59 Å². The van der Waals surface area contributed by atoms with E-state index in [-0.39, 0.29) is 34.7 Å². The summed E-state index contributed by atoms with van der Waals surface area (Å²) in [6, 6.07) is 6.73. The van der Waals surface area contributed by atoms with Crippen molar-refractivity contribution in [3.63, 3.8) is 0 Å². The molecule has 2 amide bonds. The van der Waals surface area contributed by atoms with Crippen LogP contribution in [0.25, 0.3) is 0 Å². The number of halogens is 7. The average molecular weight is 534 g/mol. The predicted octanol–water partition coefficient (Wildman–Crippen LogP) is 6.32. The number of hydrogen-bond donors (Lipinski definition) is 0. The Balaban J connectivity index is 1.58. The number of allylic oxidation sites excluding steroid dienone is 2. The van der Waals surface area contributed by atoms with Crippen LogP contribution in [-0.2, 0) is 9.59 Å². The second kappa shape index (κ2) is 6.34. The van der Waals surface area contributed by atoms with Gasteiger partial charge < -0.3 is 0 Å². The number of rotatable bonds is 1. The molecule has 4 aliphatic rings. The maximum absolute atomic E-state index is 13.2. The second-order valence-corrected chi connectivity index (χ2v) is 11.7. The topological polar surface area (TPSA) is 37.4 Å². The number of carbonyl (C=O) groups excluding carboxylic acids is 2. The fraction of sp³-hybridized carbons (Fsp3) is 0.474. The van der Waals surface area contributed by atoms with Crippen LogP contribution in [0.1, 0.15) is 12.8 Å². The molecule has 0 radical (unpaired) electrons. The summed E-state index contributed by atoms with van der Waals surface area (Å²) in [4.78, 5) is 24.8. The van der Waals surface area contributed by atoms with E-state index in [0.717, 1.165) is 4.90 Å². The Morgan fingerprint density at radius 2 is 1.24 bits per heavy atom. The van der Waals surface area contributed by atoms with Crippen LogP contribution in [-0.4, -0.2) is 25.9 Å². The van der Waals surface area contributed by atoms with E-state index in [0.29, 0.717) is 10.7 Å². The number of alkyl halides is 4. The molecule has 29 heavy (non-hydrogen) atoms. The van der Waals surface area contributed by atoms with Crippen LogP contribution in [0.5, 0.6) is 0 Å². The van der Waals surface area contributed by atoms with E-state index in [9.17, 15) is 9.59 Å². The average Bonchev–Trinajstić information content (AvgIpc) is 3.04. The lowest BCUT2D eigenvalue weighted by Gasteiger charge is -2.42. The maximum atomic E-state index is 13.2. The van der Waals surface area contributed by atoms with Crippen LogP contribution >= 0.6 is 81.2 Å². The third kappa shape index (κ3) is 2.21. The van der Waals surface area contributed by atoms with Gasteiger partial charge in [-0.15, -0.1) is 23.2 Å². The minimum Gasteiger partial charge on any atom is -0.274 e. The molecule has 1 aromatic rings. The number of carbonyl (C=O) groups is 2. The van der Waals surface area contributed by atoms with E-state index in [4.69, 9.17) is 81.2 Å². The molecular formula is C19H12Cl7NO2. The molecule has 3 nitrogen and oxygen atoms in total. The van der Waals surface area contributed by atoms with Gasteiger partial charge in [-0.1, -0.05) is 70.1 Å². The number of nitrogens with zero attached hydrogens (tertiary/aromatic N) is 1. The van der Waals surface area contributed by atoms with Gasteiger partial charge in [-0.05, 0) is 36.8 Å². The number of imide groups is 1. The third-order valence-electron chi connectivity index (χ3n) is 6.92. The van der Waals surface area contributed by atoms with Crippen LogP contribution in [0.2, 0.25) is 5.02 Å². The van der Waals surface area contributed by atoms with Crippen molar-refractivity contribution in [1.29, 1.82) is 0 Å². The maximum Gasteiger partial charge on any atom is 0.237 e. The van der Waals surface area contributed by atoms with Crippen LogP contribution in [0, 0.1) is 23.7 Å². The summed E-state index contributed by atoms with van der Waals surface area (Å²) in [5.74, 6) is -2.62. The van der Waals surface area contributed by atoms with Crippen molar-refractivity contribution in [2.45, 2.75) is 26.9 Å². The molecule has 6 atom stereocenters. The second-order valence-electron chi connectivity index (χ2n) is 7.99. The molecule has 1 aromatic carbocycles. The smallest absolute Gasteiger partial charge is 0.237 e. The number of fused-ring (bicyclic) bond motifs is 6. The van der Waals surface area contributed by atoms with Gasteiger partial charge in [0, 0.05) is 0 Å². The molecule has 3 aliphatic carbocycles. The zero-order valence-electron chi connectivity index (χ0n) is 14.4. The Hall–Kier alpha value is 0.130. The Labute approximate surface area is 202 Å². The van der Waals surface area contributed by atoms with Crippen LogP contribution in [0.15, 0.2) is 34.3 Å². The van der Waals surface area contributed by atoms with Gasteiger partial charge in [0.25, 0.3) is 0 Å². The molecule has 3 fully saturated rings. The lowest BCUT2D eigenvalue weighted by atomic mass is 9.65. The zero-order valence-corrected chi connectivity index (χ0v) is 19.7. The summed E-state index contributed by atoms with van der Waals surface area (Å²) in [6.45, 7) is 0. The highest BCUT2D eigenvalue weighted by molar-refractivity contribution is 6.65. The Morgan fingerprint density at radius 1 is 0.793 bits per heavy atom. The number of para-hydroxylation sites is 1. The monoisotopic (exact) mass is 531 g/mol. The number of anilines is 1. The molecule has 0 unspecified atom stereocenters. The highest BCUT2D eigenvalue weighted by atomic mass is 35.5. The van der Waals surface area contributed by atoms with E-state index in [1.54, 1.807) is 24.3 Å². The van der Waals surface area contributed by atoms with Gasteiger partial charge >= 0.3 is 0 Å². The zero-order chi connectivity index (χ0) is 21.1. The first-order valence-corrected chi connectivity index (χ1v) is 11.6. The van der Waals surface area contributed by atoms with Crippen LogP contribution in [0.4, 0.5) is 5.69 Å². The fourth-order valence-electron chi connectivity index (χ4n) is 5.59. The SMILES string of the molecule is O=C1[C@H]2C[C@@H]3[C@H](C[C@H]2C(=O)N1c1ccccc1Cl)[C@]1(Cl)C(Cl)=C(Cl)[C@]3(Cl)C1(Cl)Cl. The van der Waals surface area contributed by atoms with Gasteiger partial charge in [0.15, 0.2) is 4.33 Å². The largest absolute Gasteiger partial charge is 0.274 e. The number of benzene rings is 1. The fourth-order valence-corrected chi connectivity index (χ4v) is 8.92.